The maximum Gasteiger partial charge on any atom is 0.312 e. The Bertz CT molecular complexity index is 239. The van der Waals surface area contributed by atoms with Gasteiger partial charge in [-0.25, -0.2) is 0 Å². The normalized spacial score (nSPS) is 13.2. The van der Waals surface area contributed by atoms with Gasteiger partial charge in [-0.1, -0.05) is 5.10 Å². The molecule has 68 valence electrons. The lowest BCUT2D eigenvalue weighted by Crippen LogP contribution is -2.05. The summed E-state index contributed by atoms with van der Waals surface area (Å²) in [5.74, 6) is 0.559. The van der Waals surface area contributed by atoms with Gasteiger partial charge in [0.25, 0.3) is 0 Å². The first-order valence-corrected chi connectivity index (χ1v) is 4.11. The molecule has 1 heterocycles. The van der Waals surface area contributed by atoms with E-state index in [1.807, 2.05) is 6.92 Å². The number of aromatic nitrogens is 2. The summed E-state index contributed by atoms with van der Waals surface area (Å²) < 4.78 is 10.0. The highest BCUT2D eigenvalue weighted by molar-refractivity contribution is 6.27. The smallest absolute Gasteiger partial charge is 0.312 e. The van der Waals surface area contributed by atoms with Gasteiger partial charge in [0.2, 0.25) is 5.89 Å². The Morgan fingerprint density at radius 3 is 2.83 bits per heavy atom. The van der Waals surface area contributed by atoms with E-state index in [4.69, 9.17) is 20.8 Å². The number of rotatable bonds is 4. The van der Waals surface area contributed by atoms with Crippen LogP contribution in [0, 0.1) is 0 Å². The molecule has 0 aliphatic rings. The van der Waals surface area contributed by atoms with Gasteiger partial charge in [-0.3, -0.25) is 0 Å². The molecule has 0 bridgehead atoms. The van der Waals surface area contributed by atoms with Gasteiger partial charge in [0.05, 0.1) is 6.10 Å². The molecule has 1 unspecified atom stereocenters. The lowest BCUT2D eigenvalue weighted by molar-refractivity contribution is 0.109. The number of nitrogens with zero attached hydrogens (tertiary/aromatic N) is 2. The van der Waals surface area contributed by atoms with Crippen molar-refractivity contribution in [3.63, 3.8) is 0 Å². The molecule has 0 N–H and O–H groups in total. The van der Waals surface area contributed by atoms with Gasteiger partial charge in [0, 0.05) is 13.5 Å². The third kappa shape index (κ3) is 2.79. The maximum absolute atomic E-state index is 5.44. The molecule has 12 heavy (non-hydrogen) atoms. The summed E-state index contributed by atoms with van der Waals surface area (Å²) in [6.45, 7) is 1.98. The van der Waals surface area contributed by atoms with E-state index < -0.39 is 0 Å². The van der Waals surface area contributed by atoms with Gasteiger partial charge in [0.1, 0.15) is 0 Å². The topological polar surface area (TPSA) is 48.2 Å². The van der Waals surface area contributed by atoms with Gasteiger partial charge in [0.15, 0.2) is 0 Å². The zero-order chi connectivity index (χ0) is 8.97. The molecule has 4 nitrogen and oxygen atoms in total. The summed E-state index contributed by atoms with van der Waals surface area (Å²) in [4.78, 5) is 0. The van der Waals surface area contributed by atoms with E-state index in [2.05, 4.69) is 10.2 Å². The van der Waals surface area contributed by atoms with Gasteiger partial charge in [-0.2, -0.15) is 0 Å². The zero-order valence-electron chi connectivity index (χ0n) is 7.08. The van der Waals surface area contributed by atoms with Crippen LogP contribution in [0.15, 0.2) is 4.42 Å². The minimum absolute atomic E-state index is 0.0927. The van der Waals surface area contributed by atoms with Crippen molar-refractivity contribution in [3.05, 3.63) is 11.2 Å². The average molecular weight is 191 g/mol. The monoisotopic (exact) mass is 190 g/mol. The second-order valence-electron chi connectivity index (χ2n) is 2.53. The number of halogens is 1. The van der Waals surface area contributed by atoms with Crippen LogP contribution in [0.5, 0.6) is 0 Å². The quantitative estimate of drug-likeness (QED) is 0.725. The molecule has 1 atom stereocenters. The molecule has 0 saturated heterocycles. The maximum atomic E-state index is 5.44. The Hall–Kier alpha value is -0.610. The van der Waals surface area contributed by atoms with Crippen LogP contribution in [-0.2, 0) is 11.2 Å². The first-order chi connectivity index (χ1) is 5.72. The fraction of sp³-hybridized carbons (Fsp3) is 0.714. The molecule has 1 aromatic heterocycles. The second-order valence-corrected chi connectivity index (χ2v) is 2.86. The number of methoxy groups -OCH3 is 1. The van der Waals surface area contributed by atoms with Crippen molar-refractivity contribution in [1.29, 1.82) is 0 Å². The molecule has 0 amide bonds. The molecule has 0 aliphatic heterocycles. The van der Waals surface area contributed by atoms with Crippen LogP contribution in [-0.4, -0.2) is 23.4 Å². The third-order valence-corrected chi connectivity index (χ3v) is 1.76. The molecule has 0 fully saturated rings. The van der Waals surface area contributed by atoms with E-state index >= 15 is 0 Å². The second kappa shape index (κ2) is 4.42. The van der Waals surface area contributed by atoms with Gasteiger partial charge in [-0.15, -0.1) is 5.10 Å². The Labute approximate surface area is 75.9 Å². The molecule has 0 aromatic carbocycles. The van der Waals surface area contributed by atoms with Crippen LogP contribution in [0.3, 0.4) is 0 Å². The number of ether oxygens (including phenoxy) is 1. The Morgan fingerprint density at radius 1 is 1.58 bits per heavy atom. The highest BCUT2D eigenvalue weighted by atomic mass is 35.5. The molecule has 5 heteroatoms. The molecular weight excluding hydrogens is 180 g/mol. The Kier molecular flexibility index (Phi) is 3.49. The van der Waals surface area contributed by atoms with E-state index in [0.717, 1.165) is 6.42 Å². The summed E-state index contributed by atoms with van der Waals surface area (Å²) in [5.41, 5.74) is 0. The molecular formula is C7H11ClN2O2. The van der Waals surface area contributed by atoms with Crippen molar-refractivity contribution < 1.29 is 9.15 Å². The molecule has 0 radical (unpaired) electrons. The van der Waals surface area contributed by atoms with E-state index in [0.29, 0.717) is 12.3 Å². The summed E-state index contributed by atoms with van der Waals surface area (Å²) in [6, 6.07) is 0. The van der Waals surface area contributed by atoms with Crippen molar-refractivity contribution in [2.24, 2.45) is 0 Å². The lowest BCUT2D eigenvalue weighted by atomic mass is 10.2. The largest absolute Gasteiger partial charge is 0.412 e. The Morgan fingerprint density at radius 2 is 2.33 bits per heavy atom. The predicted octanol–water partition coefficient (Wildman–Crippen LogP) is 1.69. The van der Waals surface area contributed by atoms with Crippen molar-refractivity contribution in [3.8, 4) is 0 Å². The van der Waals surface area contributed by atoms with E-state index in [1.165, 1.54) is 0 Å². The summed E-state index contributed by atoms with van der Waals surface area (Å²) in [7, 11) is 1.67. The van der Waals surface area contributed by atoms with Crippen LogP contribution in [0.2, 0.25) is 5.35 Å². The summed E-state index contributed by atoms with van der Waals surface area (Å²) in [5, 5.41) is 7.34. The molecule has 1 rings (SSSR count). The van der Waals surface area contributed by atoms with Gasteiger partial charge in [-0.05, 0) is 24.9 Å². The molecule has 1 aromatic rings. The average Bonchev–Trinajstić information content (AvgIpc) is 2.47. The highest BCUT2D eigenvalue weighted by Gasteiger charge is 2.05. The first kappa shape index (κ1) is 9.48. The van der Waals surface area contributed by atoms with Crippen LogP contribution in [0.1, 0.15) is 19.2 Å². The lowest BCUT2D eigenvalue weighted by Gasteiger charge is -2.05. The number of hydrogen-bond acceptors (Lipinski definition) is 4. The van der Waals surface area contributed by atoms with E-state index in [1.54, 1.807) is 7.11 Å². The summed E-state index contributed by atoms with van der Waals surface area (Å²) in [6.07, 6.45) is 1.76. The number of hydrogen-bond donors (Lipinski definition) is 0. The predicted molar refractivity (Wildman–Crippen MR) is 44.1 cm³/mol. The van der Waals surface area contributed by atoms with E-state index in [9.17, 15) is 0 Å². The zero-order valence-corrected chi connectivity index (χ0v) is 7.84. The van der Waals surface area contributed by atoms with Gasteiger partial charge >= 0.3 is 5.35 Å². The fourth-order valence-electron chi connectivity index (χ4n) is 0.779. The van der Waals surface area contributed by atoms with E-state index in [-0.39, 0.29) is 11.5 Å². The van der Waals surface area contributed by atoms with Crippen LogP contribution in [0.4, 0.5) is 0 Å². The van der Waals surface area contributed by atoms with Crippen LogP contribution < -0.4 is 0 Å². The minimum Gasteiger partial charge on any atom is -0.412 e. The Balaban J connectivity index is 2.33. The van der Waals surface area contributed by atoms with Crippen molar-refractivity contribution >= 4 is 11.6 Å². The fourth-order valence-corrected chi connectivity index (χ4v) is 0.906. The SMILES string of the molecule is COC(C)CCc1nnc(Cl)o1. The molecule has 0 saturated carbocycles. The van der Waals surface area contributed by atoms with Gasteiger partial charge < -0.3 is 9.15 Å². The third-order valence-electron chi connectivity index (χ3n) is 1.61. The van der Waals surface area contributed by atoms with Crippen molar-refractivity contribution in [1.82, 2.24) is 10.2 Å². The van der Waals surface area contributed by atoms with Crippen molar-refractivity contribution in [2.75, 3.05) is 7.11 Å². The van der Waals surface area contributed by atoms with Crippen molar-refractivity contribution in [2.45, 2.75) is 25.9 Å². The molecule has 0 aliphatic carbocycles. The summed E-state index contributed by atoms with van der Waals surface area (Å²) >= 11 is 5.44. The highest BCUT2D eigenvalue weighted by Crippen LogP contribution is 2.09. The number of aryl methyl sites for hydroxylation is 1. The minimum atomic E-state index is 0.0927. The first-order valence-electron chi connectivity index (χ1n) is 3.73. The molecule has 0 spiro atoms. The van der Waals surface area contributed by atoms with Crippen LogP contribution in [0.25, 0.3) is 0 Å². The van der Waals surface area contributed by atoms with Crippen LogP contribution >= 0.6 is 11.6 Å². The standard InChI is InChI=1S/C7H11ClN2O2/c1-5(11-2)3-4-6-9-10-7(8)12-6/h5H,3-4H2,1-2H3.